The van der Waals surface area contributed by atoms with Crippen LogP contribution in [0.5, 0.6) is 0 Å². The number of rotatable bonds is 4. The van der Waals surface area contributed by atoms with Crippen molar-refractivity contribution >= 4 is 50.8 Å². The Hall–Kier alpha value is -2.13. The molecular formula is C23H23BrClF3N2O4S. The van der Waals surface area contributed by atoms with Gasteiger partial charge >= 0.3 is 18.1 Å². The highest BCUT2D eigenvalue weighted by atomic mass is 79.9. The number of nitriles is 1. The summed E-state index contributed by atoms with van der Waals surface area (Å²) in [5.41, 5.74) is -0.340. The Labute approximate surface area is 217 Å². The number of alkyl halides is 3. The van der Waals surface area contributed by atoms with Gasteiger partial charge in [-0.25, -0.2) is 4.79 Å². The van der Waals surface area contributed by atoms with Crippen LogP contribution in [0.2, 0.25) is 5.02 Å². The molecule has 0 radical (unpaired) electrons. The SMILES string of the molecule is CC(C)(C)CC1NC(C(=O)O)C(c2cccc(Cl)c2)C1(C#N)c1cc(Br)cs1.O=C(O)C(F)(F)F. The van der Waals surface area contributed by atoms with E-state index in [-0.39, 0.29) is 11.5 Å². The Kier molecular flexibility index (Phi) is 9.03. The van der Waals surface area contributed by atoms with Crippen LogP contribution in [0.15, 0.2) is 40.2 Å². The van der Waals surface area contributed by atoms with Crippen LogP contribution in [-0.4, -0.2) is 40.4 Å². The smallest absolute Gasteiger partial charge is 0.480 e. The molecule has 1 aliphatic heterocycles. The van der Waals surface area contributed by atoms with Crippen LogP contribution in [0.4, 0.5) is 13.2 Å². The summed E-state index contributed by atoms with van der Waals surface area (Å²) in [5, 5.41) is 33.4. The molecule has 3 N–H and O–H groups in total. The third-order valence-electron chi connectivity index (χ3n) is 5.45. The molecule has 1 fully saturated rings. The van der Waals surface area contributed by atoms with Gasteiger partial charge in [-0.1, -0.05) is 44.5 Å². The number of nitrogens with zero attached hydrogens (tertiary/aromatic N) is 1. The van der Waals surface area contributed by atoms with Gasteiger partial charge in [0.15, 0.2) is 0 Å². The van der Waals surface area contributed by atoms with Crippen LogP contribution in [0.25, 0.3) is 0 Å². The Morgan fingerprint density at radius 3 is 2.26 bits per heavy atom. The first kappa shape index (κ1) is 29.1. The molecule has 1 aromatic carbocycles. The second kappa shape index (κ2) is 10.9. The summed E-state index contributed by atoms with van der Waals surface area (Å²) < 4.78 is 32.6. The maximum atomic E-state index is 12.2. The molecule has 0 spiro atoms. The molecule has 3 rings (SSSR count). The lowest BCUT2D eigenvalue weighted by molar-refractivity contribution is -0.192. The van der Waals surface area contributed by atoms with E-state index in [4.69, 9.17) is 21.5 Å². The standard InChI is InChI=1S/C21H22BrClN2O2S.C2HF3O2/c1-20(2,3)9-15-21(11-24,16-8-13(22)10-28-16)17(18(25-15)19(26)27)12-5-4-6-14(23)7-12;3-2(4,5)1(6)7/h4-8,10,15,17-18,25H,9H2,1-3H3,(H,26,27);(H,6,7). The highest BCUT2D eigenvalue weighted by Crippen LogP contribution is 2.53. The Morgan fingerprint density at radius 1 is 1.26 bits per heavy atom. The molecule has 0 amide bonds. The minimum absolute atomic E-state index is 0.0828. The molecule has 1 aliphatic rings. The van der Waals surface area contributed by atoms with Crippen LogP contribution < -0.4 is 5.32 Å². The van der Waals surface area contributed by atoms with Gasteiger partial charge in [0, 0.05) is 31.7 Å². The van der Waals surface area contributed by atoms with Gasteiger partial charge in [0.05, 0.1) is 6.07 Å². The fraction of sp³-hybridized carbons (Fsp3) is 0.435. The minimum Gasteiger partial charge on any atom is -0.480 e. The Bertz CT molecular complexity index is 1130. The van der Waals surface area contributed by atoms with Crippen molar-refractivity contribution in [3.8, 4) is 6.07 Å². The van der Waals surface area contributed by atoms with Gasteiger partial charge in [-0.15, -0.1) is 11.3 Å². The summed E-state index contributed by atoms with van der Waals surface area (Å²) in [6.45, 7) is 6.30. The van der Waals surface area contributed by atoms with Gasteiger partial charge in [0.1, 0.15) is 11.5 Å². The Morgan fingerprint density at radius 2 is 1.86 bits per heavy atom. The van der Waals surface area contributed by atoms with Gasteiger partial charge in [-0.2, -0.15) is 18.4 Å². The number of carboxylic acids is 2. The maximum absolute atomic E-state index is 12.2. The first-order valence-electron chi connectivity index (χ1n) is 10.2. The van der Waals surface area contributed by atoms with Gasteiger partial charge in [-0.05, 0) is 51.5 Å². The second-order valence-corrected chi connectivity index (χ2v) is 11.5. The number of thiophene rings is 1. The number of aliphatic carboxylic acids is 2. The van der Waals surface area contributed by atoms with Gasteiger partial charge < -0.3 is 10.2 Å². The number of carbonyl (C=O) groups is 2. The maximum Gasteiger partial charge on any atom is 0.490 e. The third kappa shape index (κ3) is 6.76. The quantitative estimate of drug-likeness (QED) is 0.388. The van der Waals surface area contributed by atoms with Crippen LogP contribution in [0.3, 0.4) is 0 Å². The summed E-state index contributed by atoms with van der Waals surface area (Å²) in [5.74, 6) is -4.28. The average Bonchev–Trinajstić information content (AvgIpc) is 3.28. The van der Waals surface area contributed by atoms with E-state index < -0.39 is 35.5 Å². The molecular weight excluding hydrogens is 573 g/mol. The van der Waals surface area contributed by atoms with Crippen molar-refractivity contribution in [2.75, 3.05) is 0 Å². The second-order valence-electron chi connectivity index (χ2n) is 9.25. The number of hydrogen-bond acceptors (Lipinski definition) is 5. The number of halogens is 5. The fourth-order valence-corrected chi connectivity index (χ4v) is 6.06. The summed E-state index contributed by atoms with van der Waals surface area (Å²) in [6.07, 6.45) is -4.42. The minimum atomic E-state index is -5.08. The van der Waals surface area contributed by atoms with Crippen LogP contribution in [0.1, 0.15) is 43.6 Å². The van der Waals surface area contributed by atoms with Gasteiger partial charge in [0.25, 0.3) is 0 Å². The van der Waals surface area contributed by atoms with Crippen molar-refractivity contribution in [1.29, 1.82) is 5.26 Å². The first-order valence-corrected chi connectivity index (χ1v) is 12.3. The molecule has 1 aromatic heterocycles. The predicted octanol–water partition coefficient (Wildman–Crippen LogP) is 6.20. The molecule has 4 unspecified atom stereocenters. The van der Waals surface area contributed by atoms with E-state index >= 15 is 0 Å². The highest BCUT2D eigenvalue weighted by Gasteiger charge is 2.60. The average molecular weight is 596 g/mol. The van der Waals surface area contributed by atoms with Crippen LogP contribution in [-0.2, 0) is 15.0 Å². The van der Waals surface area contributed by atoms with Crippen molar-refractivity contribution in [3.05, 3.63) is 55.6 Å². The molecule has 35 heavy (non-hydrogen) atoms. The normalized spacial score (nSPS) is 24.3. The van der Waals surface area contributed by atoms with E-state index in [1.807, 2.05) is 17.5 Å². The van der Waals surface area contributed by atoms with Gasteiger partial charge in [0.2, 0.25) is 0 Å². The van der Waals surface area contributed by atoms with E-state index in [2.05, 4.69) is 48.1 Å². The van der Waals surface area contributed by atoms with E-state index in [1.54, 1.807) is 18.2 Å². The topological polar surface area (TPSA) is 110 Å². The van der Waals surface area contributed by atoms with Crippen molar-refractivity contribution in [2.24, 2.45) is 5.41 Å². The molecule has 2 aromatic rings. The van der Waals surface area contributed by atoms with Crippen LogP contribution >= 0.6 is 38.9 Å². The lowest BCUT2D eigenvalue weighted by atomic mass is 9.65. The zero-order valence-electron chi connectivity index (χ0n) is 18.9. The van der Waals surface area contributed by atoms with E-state index in [0.29, 0.717) is 11.4 Å². The fourth-order valence-electron chi connectivity index (χ4n) is 4.18. The van der Waals surface area contributed by atoms with Crippen molar-refractivity contribution in [2.45, 2.75) is 56.8 Å². The zero-order chi connectivity index (χ0) is 26.8. The lowest BCUT2D eigenvalue weighted by Gasteiger charge is -2.36. The summed E-state index contributed by atoms with van der Waals surface area (Å²) in [7, 11) is 0. The summed E-state index contributed by atoms with van der Waals surface area (Å²) in [4.78, 5) is 22.0. The molecule has 12 heteroatoms. The van der Waals surface area contributed by atoms with Crippen LogP contribution in [0, 0.1) is 16.7 Å². The molecule has 0 saturated carbocycles. The first-order chi connectivity index (χ1) is 16.0. The highest BCUT2D eigenvalue weighted by molar-refractivity contribution is 9.10. The molecule has 0 aliphatic carbocycles. The molecule has 2 heterocycles. The largest absolute Gasteiger partial charge is 0.490 e. The molecule has 4 atom stereocenters. The molecule has 1 saturated heterocycles. The molecule has 6 nitrogen and oxygen atoms in total. The van der Waals surface area contributed by atoms with Crippen molar-refractivity contribution < 1.29 is 33.0 Å². The number of nitrogens with one attached hydrogen (secondary N) is 1. The van der Waals surface area contributed by atoms with E-state index in [0.717, 1.165) is 14.9 Å². The van der Waals surface area contributed by atoms with Crippen molar-refractivity contribution in [1.82, 2.24) is 5.32 Å². The summed E-state index contributed by atoms with van der Waals surface area (Å²) in [6, 6.07) is 10.5. The third-order valence-corrected chi connectivity index (χ3v) is 7.52. The molecule has 0 bridgehead atoms. The molecule has 190 valence electrons. The zero-order valence-corrected chi connectivity index (χ0v) is 22.0. The number of benzene rings is 1. The number of hydrogen-bond donors (Lipinski definition) is 3. The van der Waals surface area contributed by atoms with Crippen molar-refractivity contribution in [3.63, 3.8) is 0 Å². The Balaban J connectivity index is 0.000000540. The van der Waals surface area contributed by atoms with E-state index in [1.165, 1.54) is 11.3 Å². The van der Waals surface area contributed by atoms with Gasteiger partial charge in [-0.3, -0.25) is 10.1 Å². The monoisotopic (exact) mass is 594 g/mol. The van der Waals surface area contributed by atoms with E-state index in [9.17, 15) is 28.3 Å². The summed E-state index contributed by atoms with van der Waals surface area (Å²) >= 11 is 11.2. The number of carboxylic acid groups (broad SMARTS) is 2. The lowest BCUT2D eigenvalue weighted by Crippen LogP contribution is -2.43. The predicted molar refractivity (Wildman–Crippen MR) is 130 cm³/mol.